The van der Waals surface area contributed by atoms with Gasteiger partial charge in [-0.15, -0.1) is 0 Å². The second-order valence-electron chi connectivity index (χ2n) is 3.39. The van der Waals surface area contributed by atoms with Crippen LogP contribution < -0.4 is 0 Å². The topological polar surface area (TPSA) is 52.6 Å². The quantitative estimate of drug-likeness (QED) is 0.509. The molecular formula is C10H16O4. The number of carbonyl (C=O) groups excluding carboxylic acids is 2. The minimum absolute atomic E-state index is 0.502. The van der Waals surface area contributed by atoms with Crippen LogP contribution in [0.5, 0.6) is 0 Å². The molecule has 0 rings (SSSR count). The largest absolute Gasteiger partial charge is 0.466 e. The van der Waals surface area contributed by atoms with Crippen LogP contribution in [0.2, 0.25) is 0 Å². The molecule has 4 nitrogen and oxygen atoms in total. The fourth-order valence-electron chi connectivity index (χ4n) is 0.583. The van der Waals surface area contributed by atoms with E-state index in [0.29, 0.717) is 6.42 Å². The molecule has 14 heavy (non-hydrogen) atoms. The molecule has 0 saturated heterocycles. The first kappa shape index (κ1) is 12.7. The molecule has 0 saturated carbocycles. The van der Waals surface area contributed by atoms with Crippen LogP contribution in [0, 0.1) is 0 Å². The maximum absolute atomic E-state index is 11.1. The minimum Gasteiger partial charge on any atom is -0.466 e. The Kier molecular flexibility index (Phi) is 4.91. The zero-order valence-corrected chi connectivity index (χ0v) is 8.99. The molecule has 0 atom stereocenters. The Hall–Kier alpha value is -1.32. The highest BCUT2D eigenvalue weighted by atomic mass is 16.6. The number of hydrogen-bond donors (Lipinski definition) is 0. The maximum atomic E-state index is 11.1. The van der Waals surface area contributed by atoms with Crippen molar-refractivity contribution in [1.29, 1.82) is 0 Å². The highest BCUT2D eigenvalue weighted by Crippen LogP contribution is 2.13. The van der Waals surface area contributed by atoms with Crippen molar-refractivity contribution in [2.45, 2.75) is 32.8 Å². The van der Waals surface area contributed by atoms with Gasteiger partial charge in [0.2, 0.25) is 0 Å². The molecular weight excluding hydrogens is 184 g/mol. The number of carbonyl (C=O) groups is 2. The number of esters is 2. The molecule has 0 fully saturated rings. The number of rotatable bonds is 4. The lowest BCUT2D eigenvalue weighted by Gasteiger charge is -2.22. The molecule has 80 valence electrons. The van der Waals surface area contributed by atoms with Crippen LogP contribution in [0.15, 0.2) is 12.2 Å². The van der Waals surface area contributed by atoms with E-state index in [4.69, 9.17) is 4.74 Å². The first-order chi connectivity index (χ1) is 6.41. The Balaban J connectivity index is 4.11. The molecule has 0 aromatic heterocycles. The number of methoxy groups -OCH3 is 1. The highest BCUT2D eigenvalue weighted by molar-refractivity contribution is 5.91. The van der Waals surface area contributed by atoms with E-state index in [-0.39, 0.29) is 0 Å². The van der Waals surface area contributed by atoms with Gasteiger partial charge in [-0.3, -0.25) is 0 Å². The van der Waals surface area contributed by atoms with E-state index in [1.807, 2.05) is 6.92 Å². The molecule has 0 spiro atoms. The molecule has 4 heteroatoms. The smallest absolute Gasteiger partial charge is 0.331 e. The second-order valence-corrected chi connectivity index (χ2v) is 3.39. The highest BCUT2D eigenvalue weighted by Gasteiger charge is 2.18. The molecule has 0 N–H and O–H groups in total. The summed E-state index contributed by atoms with van der Waals surface area (Å²) in [6, 6.07) is 0. The first-order valence-electron chi connectivity index (χ1n) is 4.40. The van der Waals surface area contributed by atoms with Gasteiger partial charge in [-0.1, -0.05) is 6.92 Å². The zero-order chi connectivity index (χ0) is 11.2. The van der Waals surface area contributed by atoms with E-state index >= 15 is 0 Å². The van der Waals surface area contributed by atoms with E-state index in [1.54, 1.807) is 13.8 Å². The minimum atomic E-state index is -0.573. The van der Waals surface area contributed by atoms with Gasteiger partial charge < -0.3 is 9.47 Å². The molecule has 0 radical (unpaired) electrons. The van der Waals surface area contributed by atoms with Crippen molar-refractivity contribution in [3.63, 3.8) is 0 Å². The Bertz CT molecular complexity index is 241. The average Bonchev–Trinajstić information content (AvgIpc) is 2.13. The van der Waals surface area contributed by atoms with Gasteiger partial charge in [0.15, 0.2) is 0 Å². The van der Waals surface area contributed by atoms with Gasteiger partial charge in [0.1, 0.15) is 5.60 Å². The fourth-order valence-corrected chi connectivity index (χ4v) is 0.583. The van der Waals surface area contributed by atoms with Gasteiger partial charge in [-0.25, -0.2) is 9.59 Å². The summed E-state index contributed by atoms with van der Waals surface area (Å²) in [5.74, 6) is -1.11. The van der Waals surface area contributed by atoms with Crippen molar-refractivity contribution < 1.29 is 19.1 Å². The molecule has 0 unspecified atom stereocenters. The molecule has 0 bridgehead atoms. The van der Waals surface area contributed by atoms with Crippen molar-refractivity contribution in [2.24, 2.45) is 0 Å². The Morgan fingerprint density at radius 3 is 2.14 bits per heavy atom. The van der Waals surface area contributed by atoms with E-state index in [0.717, 1.165) is 12.2 Å². The lowest BCUT2D eigenvalue weighted by Crippen LogP contribution is -2.26. The van der Waals surface area contributed by atoms with Crippen LogP contribution in [-0.4, -0.2) is 24.6 Å². The molecule has 0 aromatic carbocycles. The van der Waals surface area contributed by atoms with Gasteiger partial charge >= 0.3 is 11.9 Å². The van der Waals surface area contributed by atoms with Crippen LogP contribution in [0.1, 0.15) is 27.2 Å². The Morgan fingerprint density at radius 2 is 1.71 bits per heavy atom. The number of hydrogen-bond acceptors (Lipinski definition) is 4. The Labute approximate surface area is 83.9 Å². The third-order valence-electron chi connectivity index (χ3n) is 1.79. The predicted octanol–water partition coefficient (Wildman–Crippen LogP) is 1.45. The fraction of sp³-hybridized carbons (Fsp3) is 0.600. The van der Waals surface area contributed by atoms with Crippen LogP contribution in [0.25, 0.3) is 0 Å². The van der Waals surface area contributed by atoms with E-state index in [2.05, 4.69) is 4.74 Å². The maximum Gasteiger partial charge on any atom is 0.331 e. The summed E-state index contributed by atoms with van der Waals surface area (Å²) in [6.07, 6.45) is 2.81. The molecule has 0 aromatic rings. The normalized spacial score (nSPS) is 11.4. The van der Waals surface area contributed by atoms with Crippen molar-refractivity contribution in [2.75, 3.05) is 7.11 Å². The summed E-state index contributed by atoms with van der Waals surface area (Å²) in [6.45, 7) is 5.52. The summed E-state index contributed by atoms with van der Waals surface area (Å²) in [7, 11) is 1.24. The molecule has 0 amide bonds. The van der Waals surface area contributed by atoms with Crippen LogP contribution in [0.4, 0.5) is 0 Å². The summed E-state index contributed by atoms with van der Waals surface area (Å²) in [4.78, 5) is 21.8. The van der Waals surface area contributed by atoms with Crippen molar-refractivity contribution >= 4 is 11.9 Å². The van der Waals surface area contributed by atoms with Gasteiger partial charge in [0, 0.05) is 12.2 Å². The van der Waals surface area contributed by atoms with E-state index < -0.39 is 17.5 Å². The monoisotopic (exact) mass is 200 g/mol. The molecule has 0 aliphatic rings. The van der Waals surface area contributed by atoms with Crippen molar-refractivity contribution in [1.82, 2.24) is 0 Å². The van der Waals surface area contributed by atoms with Crippen LogP contribution in [0.3, 0.4) is 0 Å². The third-order valence-corrected chi connectivity index (χ3v) is 1.79. The number of ether oxygens (including phenoxy) is 2. The van der Waals surface area contributed by atoms with Crippen molar-refractivity contribution in [3.8, 4) is 0 Å². The lowest BCUT2D eigenvalue weighted by molar-refractivity contribution is -0.150. The summed E-state index contributed by atoms with van der Waals surface area (Å²) >= 11 is 0. The van der Waals surface area contributed by atoms with Crippen LogP contribution >= 0.6 is 0 Å². The van der Waals surface area contributed by atoms with Gasteiger partial charge in [0.25, 0.3) is 0 Å². The molecule has 0 aliphatic carbocycles. The van der Waals surface area contributed by atoms with E-state index in [9.17, 15) is 9.59 Å². The zero-order valence-electron chi connectivity index (χ0n) is 8.99. The first-order valence-corrected chi connectivity index (χ1v) is 4.40. The van der Waals surface area contributed by atoms with Gasteiger partial charge in [-0.2, -0.15) is 0 Å². The summed E-state index contributed by atoms with van der Waals surface area (Å²) in [5.41, 5.74) is -0.502. The van der Waals surface area contributed by atoms with Gasteiger partial charge in [-0.05, 0) is 20.3 Å². The molecule has 0 aliphatic heterocycles. The lowest BCUT2D eigenvalue weighted by atomic mass is 10.1. The SMILES string of the molecule is CCC(C)(C)OC(=O)/C=C/C(=O)OC. The van der Waals surface area contributed by atoms with Crippen LogP contribution in [-0.2, 0) is 19.1 Å². The second kappa shape index (κ2) is 5.42. The average molecular weight is 200 g/mol. The molecule has 0 heterocycles. The summed E-state index contributed by atoms with van der Waals surface area (Å²) < 4.78 is 9.37. The van der Waals surface area contributed by atoms with Crippen molar-refractivity contribution in [3.05, 3.63) is 12.2 Å². The van der Waals surface area contributed by atoms with E-state index in [1.165, 1.54) is 7.11 Å². The Morgan fingerprint density at radius 1 is 1.21 bits per heavy atom. The summed E-state index contributed by atoms with van der Waals surface area (Å²) in [5, 5.41) is 0. The standard InChI is InChI=1S/C10H16O4/c1-5-10(2,3)14-9(12)7-6-8(11)13-4/h6-7H,5H2,1-4H3/b7-6+. The van der Waals surface area contributed by atoms with Gasteiger partial charge in [0.05, 0.1) is 7.11 Å². The predicted molar refractivity (Wildman–Crippen MR) is 51.6 cm³/mol. The third kappa shape index (κ3) is 5.35.